The van der Waals surface area contributed by atoms with Crippen LogP contribution < -0.4 is 4.90 Å². The van der Waals surface area contributed by atoms with Crippen molar-refractivity contribution < 1.29 is 13.3 Å². The molecule has 0 fully saturated rings. The van der Waals surface area contributed by atoms with Crippen molar-refractivity contribution in [3.63, 3.8) is 0 Å². The molecule has 0 radical (unpaired) electrons. The number of hydrogen-bond donors (Lipinski definition) is 0. The van der Waals surface area contributed by atoms with E-state index in [0.29, 0.717) is 18.8 Å². The molecular weight excluding hydrogens is 380 g/mol. The fourth-order valence-electron chi connectivity index (χ4n) is 3.69. The number of nitro benzene ring substituents is 1. The van der Waals surface area contributed by atoms with E-state index in [1.165, 1.54) is 30.5 Å². The highest BCUT2D eigenvalue weighted by Gasteiger charge is 2.35. The van der Waals surface area contributed by atoms with Gasteiger partial charge in [0, 0.05) is 23.9 Å². The Balaban J connectivity index is 1.91. The molecule has 8 nitrogen and oxygen atoms in total. The van der Waals surface area contributed by atoms with Gasteiger partial charge in [-0.25, -0.2) is 0 Å². The van der Waals surface area contributed by atoms with Gasteiger partial charge in [-0.15, -0.1) is 4.09 Å². The van der Waals surface area contributed by atoms with Crippen molar-refractivity contribution in [3.8, 4) is 0 Å². The van der Waals surface area contributed by atoms with Crippen molar-refractivity contribution in [2.24, 2.45) is 0 Å². The van der Waals surface area contributed by atoms with Crippen molar-refractivity contribution in [1.29, 1.82) is 0 Å². The van der Waals surface area contributed by atoms with Crippen LogP contribution in [0, 0.1) is 24.0 Å². The summed E-state index contributed by atoms with van der Waals surface area (Å²) in [5, 5.41) is 15.4. The fourth-order valence-corrected chi connectivity index (χ4v) is 5.15. The zero-order chi connectivity index (χ0) is 20.1. The molecule has 0 unspecified atom stereocenters. The van der Waals surface area contributed by atoms with Gasteiger partial charge in [-0.05, 0) is 37.5 Å². The molecule has 2 heterocycles. The van der Waals surface area contributed by atoms with Gasteiger partial charge in [0.25, 0.3) is 15.7 Å². The fraction of sp³-hybridized carbons (Fsp3) is 0.211. The summed E-state index contributed by atoms with van der Waals surface area (Å²) in [4.78, 5) is 12.2. The zero-order valence-corrected chi connectivity index (χ0v) is 16.2. The second kappa shape index (κ2) is 6.45. The van der Waals surface area contributed by atoms with E-state index >= 15 is 0 Å². The molecule has 0 amide bonds. The van der Waals surface area contributed by atoms with Gasteiger partial charge in [0.15, 0.2) is 10.7 Å². The second-order valence-corrected chi connectivity index (χ2v) is 8.44. The van der Waals surface area contributed by atoms with Crippen LogP contribution in [0.25, 0.3) is 0 Å². The third-order valence-electron chi connectivity index (χ3n) is 4.92. The summed E-state index contributed by atoms with van der Waals surface area (Å²) in [6, 6.07) is 11.2. The number of benzene rings is 2. The summed E-state index contributed by atoms with van der Waals surface area (Å²) in [6.45, 7) is 4.56. The molecule has 0 saturated carbocycles. The minimum absolute atomic E-state index is 0.376. The number of para-hydroxylation sites is 2. The molecule has 4 rings (SSSR count). The molecule has 0 spiro atoms. The molecule has 0 atom stereocenters. The molecule has 144 valence electrons. The van der Waals surface area contributed by atoms with Gasteiger partial charge in [0.05, 0.1) is 11.1 Å². The van der Waals surface area contributed by atoms with E-state index in [4.69, 9.17) is 0 Å². The lowest BCUT2D eigenvalue weighted by Gasteiger charge is -2.24. The number of hydrogen-bond acceptors (Lipinski definition) is 6. The maximum atomic E-state index is 13.3. The van der Waals surface area contributed by atoms with Crippen LogP contribution in [0.4, 0.5) is 17.2 Å². The average molecular weight is 398 g/mol. The van der Waals surface area contributed by atoms with Crippen LogP contribution in [-0.4, -0.2) is 29.1 Å². The number of fused-ring (bicyclic) bond motifs is 1. The quantitative estimate of drug-likeness (QED) is 0.494. The Hall–Kier alpha value is -3.20. The molecule has 1 aromatic heterocycles. The summed E-state index contributed by atoms with van der Waals surface area (Å²) >= 11 is 0. The van der Waals surface area contributed by atoms with Gasteiger partial charge in [0.2, 0.25) is 0 Å². The van der Waals surface area contributed by atoms with Gasteiger partial charge in [-0.3, -0.25) is 10.1 Å². The smallest absolute Gasteiger partial charge is 0.291 e. The Morgan fingerprint density at radius 2 is 1.75 bits per heavy atom. The van der Waals surface area contributed by atoms with E-state index in [-0.39, 0.29) is 4.90 Å². The molecule has 1 aliphatic rings. The average Bonchev–Trinajstić information content (AvgIpc) is 3.24. The first-order chi connectivity index (χ1) is 13.3. The molecule has 1 aliphatic heterocycles. The van der Waals surface area contributed by atoms with Crippen molar-refractivity contribution in [2.75, 3.05) is 11.4 Å². The normalized spacial score (nSPS) is 13.6. The molecule has 0 aliphatic carbocycles. The standard InChI is InChI=1S/C19H18N4O4S/c1-13-6-5-7-14(2)18(13)21-11-10-15-12-20-22(19(15)21)28(26,27)17-9-4-3-8-16(17)23(24)25/h3-9,12H,10-11H2,1-2H3. The van der Waals surface area contributed by atoms with Gasteiger partial charge in [-0.2, -0.15) is 13.5 Å². The minimum atomic E-state index is -4.24. The lowest BCUT2D eigenvalue weighted by molar-refractivity contribution is -0.387. The highest BCUT2D eigenvalue weighted by Crippen LogP contribution is 2.40. The van der Waals surface area contributed by atoms with Crippen LogP contribution in [-0.2, 0) is 16.4 Å². The number of nitrogens with zero attached hydrogens (tertiary/aromatic N) is 4. The van der Waals surface area contributed by atoms with E-state index in [9.17, 15) is 18.5 Å². The van der Waals surface area contributed by atoms with E-state index in [2.05, 4.69) is 5.10 Å². The molecule has 3 aromatic rings. The number of rotatable bonds is 4. The SMILES string of the molecule is Cc1cccc(C)c1N1CCc2cnn(S(=O)(=O)c3ccccc3[N+](=O)[O-])c21. The molecule has 0 N–H and O–H groups in total. The Morgan fingerprint density at radius 3 is 2.43 bits per heavy atom. The third-order valence-corrected chi connectivity index (χ3v) is 6.55. The minimum Gasteiger partial charge on any atom is -0.325 e. The van der Waals surface area contributed by atoms with Gasteiger partial charge in [-0.1, -0.05) is 30.3 Å². The summed E-state index contributed by atoms with van der Waals surface area (Å²) in [6.07, 6.45) is 2.17. The largest absolute Gasteiger partial charge is 0.325 e. The first kappa shape index (κ1) is 18.2. The van der Waals surface area contributed by atoms with Gasteiger partial charge >= 0.3 is 0 Å². The van der Waals surface area contributed by atoms with E-state index in [1.54, 1.807) is 0 Å². The van der Waals surface area contributed by atoms with Crippen LogP contribution in [0.1, 0.15) is 16.7 Å². The Bertz CT molecular complexity index is 1180. The topological polar surface area (TPSA) is 98.3 Å². The molecular formula is C19H18N4O4S. The lowest BCUT2D eigenvalue weighted by Crippen LogP contribution is -2.24. The molecule has 9 heteroatoms. The number of anilines is 2. The monoisotopic (exact) mass is 398 g/mol. The molecule has 28 heavy (non-hydrogen) atoms. The lowest BCUT2D eigenvalue weighted by atomic mass is 10.1. The van der Waals surface area contributed by atoms with Crippen LogP contribution in [0.2, 0.25) is 0 Å². The maximum absolute atomic E-state index is 13.3. The first-order valence-corrected chi connectivity index (χ1v) is 10.2. The zero-order valence-electron chi connectivity index (χ0n) is 15.4. The summed E-state index contributed by atoms with van der Waals surface area (Å²) in [5.74, 6) is 0.440. The second-order valence-electron chi connectivity index (χ2n) is 6.71. The molecule has 0 bridgehead atoms. The van der Waals surface area contributed by atoms with E-state index in [0.717, 1.165) is 26.5 Å². The number of nitro groups is 1. The van der Waals surface area contributed by atoms with Crippen molar-refractivity contribution in [2.45, 2.75) is 25.2 Å². The van der Waals surface area contributed by atoms with Crippen molar-refractivity contribution in [3.05, 3.63) is 75.5 Å². The van der Waals surface area contributed by atoms with Crippen LogP contribution >= 0.6 is 0 Å². The molecule has 2 aromatic carbocycles. The highest BCUT2D eigenvalue weighted by molar-refractivity contribution is 7.90. The predicted molar refractivity (Wildman–Crippen MR) is 105 cm³/mol. The third kappa shape index (κ3) is 2.66. The summed E-state index contributed by atoms with van der Waals surface area (Å²) < 4.78 is 27.5. The Morgan fingerprint density at radius 1 is 1.07 bits per heavy atom. The Kier molecular flexibility index (Phi) is 4.19. The Labute approximate surface area is 162 Å². The van der Waals surface area contributed by atoms with Gasteiger partial charge < -0.3 is 4.90 Å². The maximum Gasteiger partial charge on any atom is 0.291 e. The first-order valence-electron chi connectivity index (χ1n) is 8.72. The molecule has 0 saturated heterocycles. The van der Waals surface area contributed by atoms with Crippen molar-refractivity contribution in [1.82, 2.24) is 9.19 Å². The highest BCUT2D eigenvalue weighted by atomic mass is 32.2. The predicted octanol–water partition coefficient (Wildman–Crippen LogP) is 3.34. The van der Waals surface area contributed by atoms with Crippen molar-refractivity contribution >= 4 is 27.2 Å². The van der Waals surface area contributed by atoms with Crippen LogP contribution in [0.15, 0.2) is 53.6 Å². The van der Waals surface area contributed by atoms with Gasteiger partial charge in [0.1, 0.15) is 0 Å². The number of aromatic nitrogens is 2. The van der Waals surface area contributed by atoms with Crippen LogP contribution in [0.3, 0.4) is 0 Å². The summed E-state index contributed by atoms with van der Waals surface area (Å²) in [5.41, 5.74) is 3.29. The van der Waals surface area contributed by atoms with E-state index < -0.39 is 20.6 Å². The van der Waals surface area contributed by atoms with E-state index in [1.807, 2.05) is 36.9 Å². The van der Waals surface area contributed by atoms with Crippen LogP contribution in [0.5, 0.6) is 0 Å². The summed E-state index contributed by atoms with van der Waals surface area (Å²) in [7, 11) is -4.24. The number of aryl methyl sites for hydroxylation is 2.